The van der Waals surface area contributed by atoms with E-state index in [9.17, 15) is 4.39 Å². The van der Waals surface area contributed by atoms with Crippen molar-refractivity contribution in [2.45, 2.75) is 25.9 Å². The van der Waals surface area contributed by atoms with Gasteiger partial charge in [0.2, 0.25) is 0 Å². The van der Waals surface area contributed by atoms with Crippen LogP contribution in [-0.2, 0) is 0 Å². The molecule has 3 aromatic rings. The summed E-state index contributed by atoms with van der Waals surface area (Å²) >= 11 is 1.82. The maximum Gasteiger partial charge on any atom is 0.123 e. The number of halogens is 1. The molecule has 1 aromatic heterocycles. The van der Waals surface area contributed by atoms with Crippen molar-refractivity contribution in [3.63, 3.8) is 0 Å². The Morgan fingerprint density at radius 3 is 2.38 bits per heavy atom. The van der Waals surface area contributed by atoms with Gasteiger partial charge in [0.25, 0.3) is 0 Å². The van der Waals surface area contributed by atoms with Gasteiger partial charge in [-0.1, -0.05) is 30.3 Å². The average Bonchev–Trinajstić information content (AvgIpc) is 2.92. The molecule has 108 valence electrons. The van der Waals surface area contributed by atoms with Crippen molar-refractivity contribution < 1.29 is 4.39 Å². The van der Waals surface area contributed by atoms with Gasteiger partial charge < -0.3 is 5.32 Å². The zero-order valence-corrected chi connectivity index (χ0v) is 13.0. The molecule has 0 spiro atoms. The molecule has 0 bridgehead atoms. The zero-order chi connectivity index (χ0) is 14.8. The SMILES string of the molecule is CC(N[C@H](C)c1ccc(F)cc1)c1cc2ccccc2s1. The Morgan fingerprint density at radius 1 is 0.952 bits per heavy atom. The number of fused-ring (bicyclic) bond motifs is 1. The summed E-state index contributed by atoms with van der Waals surface area (Å²) in [6.07, 6.45) is 0. The van der Waals surface area contributed by atoms with E-state index in [1.54, 1.807) is 0 Å². The first-order valence-corrected chi connectivity index (χ1v) is 7.95. The van der Waals surface area contributed by atoms with Crippen molar-refractivity contribution in [3.8, 4) is 0 Å². The third-order valence-electron chi connectivity index (χ3n) is 3.74. The minimum atomic E-state index is -0.191. The Bertz CT molecular complexity index is 699. The maximum atomic E-state index is 13.0. The summed E-state index contributed by atoms with van der Waals surface area (Å²) in [5.41, 5.74) is 1.10. The largest absolute Gasteiger partial charge is 0.303 e. The monoisotopic (exact) mass is 299 g/mol. The maximum absolute atomic E-state index is 13.0. The van der Waals surface area contributed by atoms with Crippen molar-refractivity contribution in [1.29, 1.82) is 0 Å². The minimum absolute atomic E-state index is 0.186. The standard InChI is InChI=1S/C18H18FNS/c1-12(14-7-9-16(19)10-8-14)20-13(2)18-11-15-5-3-4-6-17(15)21-18/h3-13,20H,1-2H3/t12-,13?/m1/s1. The van der Waals surface area contributed by atoms with Crippen LogP contribution in [0.4, 0.5) is 4.39 Å². The number of nitrogens with one attached hydrogen (secondary N) is 1. The van der Waals surface area contributed by atoms with Crippen molar-refractivity contribution in [2.75, 3.05) is 0 Å². The summed E-state index contributed by atoms with van der Waals surface area (Å²) in [6.45, 7) is 4.28. The number of hydrogen-bond donors (Lipinski definition) is 1. The quantitative estimate of drug-likeness (QED) is 0.675. The van der Waals surface area contributed by atoms with E-state index in [1.807, 2.05) is 23.5 Å². The van der Waals surface area contributed by atoms with Crippen LogP contribution in [0.1, 0.15) is 36.4 Å². The lowest BCUT2D eigenvalue weighted by molar-refractivity contribution is 0.499. The highest BCUT2D eigenvalue weighted by atomic mass is 32.1. The van der Waals surface area contributed by atoms with E-state index >= 15 is 0 Å². The Kier molecular flexibility index (Phi) is 4.04. The summed E-state index contributed by atoms with van der Waals surface area (Å²) in [5.74, 6) is -0.191. The fourth-order valence-electron chi connectivity index (χ4n) is 2.52. The topological polar surface area (TPSA) is 12.0 Å². The molecule has 1 heterocycles. The van der Waals surface area contributed by atoms with Crippen LogP contribution in [0.5, 0.6) is 0 Å². The predicted molar refractivity (Wildman–Crippen MR) is 88.2 cm³/mol. The first-order valence-electron chi connectivity index (χ1n) is 7.13. The van der Waals surface area contributed by atoms with Crippen molar-refractivity contribution >= 4 is 21.4 Å². The average molecular weight is 299 g/mol. The first-order chi connectivity index (χ1) is 10.1. The van der Waals surface area contributed by atoms with E-state index < -0.39 is 0 Å². The number of thiophene rings is 1. The van der Waals surface area contributed by atoms with Gasteiger partial charge in [-0.15, -0.1) is 11.3 Å². The highest BCUT2D eigenvalue weighted by Crippen LogP contribution is 2.30. The van der Waals surface area contributed by atoms with E-state index in [2.05, 4.69) is 49.5 Å². The van der Waals surface area contributed by atoms with Crippen LogP contribution in [0.15, 0.2) is 54.6 Å². The van der Waals surface area contributed by atoms with Gasteiger partial charge in [-0.05, 0) is 49.1 Å². The van der Waals surface area contributed by atoms with Crippen LogP contribution in [0.3, 0.4) is 0 Å². The molecule has 0 saturated heterocycles. The molecule has 0 saturated carbocycles. The molecule has 0 radical (unpaired) electrons. The summed E-state index contributed by atoms with van der Waals surface area (Å²) in [7, 11) is 0. The lowest BCUT2D eigenvalue weighted by Gasteiger charge is -2.19. The summed E-state index contributed by atoms with van der Waals surface area (Å²) in [4.78, 5) is 1.32. The van der Waals surface area contributed by atoms with Crippen molar-refractivity contribution in [1.82, 2.24) is 5.32 Å². The van der Waals surface area contributed by atoms with Crippen molar-refractivity contribution in [3.05, 3.63) is 70.9 Å². The lowest BCUT2D eigenvalue weighted by Crippen LogP contribution is -2.21. The van der Waals surface area contributed by atoms with Gasteiger partial charge in [-0.2, -0.15) is 0 Å². The molecule has 1 nitrogen and oxygen atoms in total. The fourth-order valence-corrected chi connectivity index (χ4v) is 3.60. The molecule has 1 N–H and O–H groups in total. The smallest absolute Gasteiger partial charge is 0.123 e. The molecular weight excluding hydrogens is 281 g/mol. The molecule has 2 aromatic carbocycles. The van der Waals surface area contributed by atoms with E-state index in [1.165, 1.54) is 27.1 Å². The third kappa shape index (κ3) is 3.14. The van der Waals surface area contributed by atoms with Gasteiger partial charge in [-0.3, -0.25) is 0 Å². The molecule has 3 rings (SSSR count). The van der Waals surface area contributed by atoms with Crippen LogP contribution in [0.25, 0.3) is 10.1 Å². The van der Waals surface area contributed by atoms with Crippen LogP contribution in [0, 0.1) is 5.82 Å². The van der Waals surface area contributed by atoms with Gasteiger partial charge >= 0.3 is 0 Å². The molecule has 0 aliphatic heterocycles. The third-order valence-corrected chi connectivity index (χ3v) is 5.04. The van der Waals surface area contributed by atoms with E-state index in [4.69, 9.17) is 0 Å². The minimum Gasteiger partial charge on any atom is -0.303 e. The second kappa shape index (κ2) is 5.96. The highest BCUT2D eigenvalue weighted by Gasteiger charge is 2.13. The number of hydrogen-bond acceptors (Lipinski definition) is 2. The molecule has 0 fully saturated rings. The fraction of sp³-hybridized carbons (Fsp3) is 0.222. The van der Waals surface area contributed by atoms with Crippen LogP contribution >= 0.6 is 11.3 Å². The van der Waals surface area contributed by atoms with Crippen LogP contribution in [0.2, 0.25) is 0 Å². The molecule has 1 unspecified atom stereocenters. The van der Waals surface area contributed by atoms with Gasteiger partial charge in [0, 0.05) is 21.7 Å². The Labute approximate surface area is 128 Å². The Balaban J connectivity index is 1.75. The highest BCUT2D eigenvalue weighted by molar-refractivity contribution is 7.19. The van der Waals surface area contributed by atoms with Gasteiger partial charge in [0.15, 0.2) is 0 Å². The number of benzene rings is 2. The first kappa shape index (κ1) is 14.2. The summed E-state index contributed by atoms with van der Waals surface area (Å²) in [5, 5.41) is 4.87. The molecule has 0 amide bonds. The molecule has 3 heteroatoms. The molecular formula is C18H18FNS. The Hall–Kier alpha value is -1.71. The van der Waals surface area contributed by atoms with Gasteiger partial charge in [0.1, 0.15) is 5.82 Å². The van der Waals surface area contributed by atoms with Crippen LogP contribution < -0.4 is 5.32 Å². The van der Waals surface area contributed by atoms with Gasteiger partial charge in [0.05, 0.1) is 0 Å². The summed E-state index contributed by atoms with van der Waals surface area (Å²) < 4.78 is 14.3. The molecule has 0 aliphatic carbocycles. The van der Waals surface area contributed by atoms with E-state index in [0.717, 1.165) is 5.56 Å². The second-order valence-electron chi connectivity index (χ2n) is 5.35. The zero-order valence-electron chi connectivity index (χ0n) is 12.1. The predicted octanol–water partition coefficient (Wildman–Crippen LogP) is 5.45. The van der Waals surface area contributed by atoms with Crippen molar-refractivity contribution in [2.24, 2.45) is 0 Å². The van der Waals surface area contributed by atoms with Gasteiger partial charge in [-0.25, -0.2) is 4.39 Å². The lowest BCUT2D eigenvalue weighted by atomic mass is 10.1. The van der Waals surface area contributed by atoms with E-state index in [-0.39, 0.29) is 17.9 Å². The molecule has 0 aliphatic rings. The Morgan fingerprint density at radius 2 is 1.67 bits per heavy atom. The van der Waals surface area contributed by atoms with Crippen LogP contribution in [-0.4, -0.2) is 0 Å². The summed E-state index contributed by atoms with van der Waals surface area (Å²) in [6, 6.07) is 17.8. The second-order valence-corrected chi connectivity index (χ2v) is 6.46. The molecule has 21 heavy (non-hydrogen) atoms. The number of rotatable bonds is 4. The van der Waals surface area contributed by atoms with E-state index in [0.29, 0.717) is 0 Å². The normalized spacial score (nSPS) is 14.2. The molecule has 2 atom stereocenters.